The van der Waals surface area contributed by atoms with E-state index in [0.29, 0.717) is 35.9 Å². The molecule has 0 bridgehead atoms. The third kappa shape index (κ3) is 9.21. The second-order valence-electron chi connectivity index (χ2n) is 12.6. The molecule has 4 rings (SSSR count). The smallest absolute Gasteiger partial charge is 0.491 e. The number of halogens is 3. The highest BCUT2D eigenvalue weighted by atomic mass is 19.4. The van der Waals surface area contributed by atoms with Crippen LogP contribution in [0.1, 0.15) is 81.5 Å². The summed E-state index contributed by atoms with van der Waals surface area (Å²) in [5.41, 5.74) is 3.92. The van der Waals surface area contributed by atoms with Crippen LogP contribution in [0.25, 0.3) is 0 Å². The summed E-state index contributed by atoms with van der Waals surface area (Å²) in [6.45, 7) is 11.0. The number of alkyl halides is 3. The van der Waals surface area contributed by atoms with E-state index in [0.717, 1.165) is 36.5 Å². The molecule has 0 fully saturated rings. The summed E-state index contributed by atoms with van der Waals surface area (Å²) in [5, 5.41) is 7.88. The van der Waals surface area contributed by atoms with Crippen LogP contribution in [-0.2, 0) is 46.1 Å². The second kappa shape index (κ2) is 13.9. The number of carbonyl (C=O) groups excluding carboxylic acids is 2. The van der Waals surface area contributed by atoms with Crippen LogP contribution in [0.4, 0.5) is 19.0 Å². The van der Waals surface area contributed by atoms with Gasteiger partial charge in [-0.2, -0.15) is 18.3 Å². The van der Waals surface area contributed by atoms with Crippen LogP contribution < -0.4 is 14.8 Å². The molecule has 0 saturated heterocycles. The van der Waals surface area contributed by atoms with Gasteiger partial charge in [0.05, 0.1) is 24.8 Å². The Hall–Kier alpha value is -4.09. The molecule has 244 valence electrons. The zero-order chi connectivity index (χ0) is 32.9. The van der Waals surface area contributed by atoms with Crippen molar-refractivity contribution >= 4 is 17.8 Å². The maximum absolute atomic E-state index is 12.9. The number of nitrogens with one attached hydrogen (secondary N) is 1. The van der Waals surface area contributed by atoms with Crippen molar-refractivity contribution in [3.8, 4) is 11.6 Å². The number of aromatic nitrogens is 3. The number of esters is 2. The Morgan fingerprint density at radius 1 is 1.07 bits per heavy atom. The van der Waals surface area contributed by atoms with Gasteiger partial charge in [-0.1, -0.05) is 39.0 Å². The van der Waals surface area contributed by atoms with Crippen LogP contribution >= 0.6 is 0 Å². The Bertz CT molecular complexity index is 1510. The van der Waals surface area contributed by atoms with E-state index in [4.69, 9.17) is 14.5 Å². The zero-order valence-corrected chi connectivity index (χ0v) is 26.6. The van der Waals surface area contributed by atoms with E-state index in [1.54, 1.807) is 23.9 Å². The number of nitrogens with zero attached hydrogens (tertiary/aromatic N) is 3. The third-order valence-corrected chi connectivity index (χ3v) is 7.43. The van der Waals surface area contributed by atoms with E-state index < -0.39 is 30.5 Å². The highest BCUT2D eigenvalue weighted by Gasteiger charge is 2.42. The summed E-state index contributed by atoms with van der Waals surface area (Å²) in [6.07, 6.45) is -3.19. The topological polar surface area (TPSA) is 105 Å². The first-order valence-corrected chi connectivity index (χ1v) is 15.1. The molecule has 3 aromatic rings. The summed E-state index contributed by atoms with van der Waals surface area (Å²) >= 11 is 0. The molecule has 0 aliphatic carbocycles. The predicted octanol–water partition coefficient (Wildman–Crippen LogP) is 6.23. The minimum atomic E-state index is -5.29. The Balaban J connectivity index is 1.56. The molecule has 2 aromatic heterocycles. The second-order valence-corrected chi connectivity index (χ2v) is 12.6. The number of pyridine rings is 1. The summed E-state index contributed by atoms with van der Waals surface area (Å²) in [7, 11) is 1.72. The van der Waals surface area contributed by atoms with Gasteiger partial charge in [-0.15, -0.1) is 0 Å². The first-order chi connectivity index (χ1) is 21.1. The van der Waals surface area contributed by atoms with Gasteiger partial charge in [0.2, 0.25) is 5.88 Å². The van der Waals surface area contributed by atoms with Crippen LogP contribution in [-0.4, -0.2) is 52.1 Å². The maximum atomic E-state index is 12.9. The van der Waals surface area contributed by atoms with Crippen LogP contribution in [0.15, 0.2) is 36.4 Å². The Morgan fingerprint density at radius 3 is 2.51 bits per heavy atom. The van der Waals surface area contributed by atoms with Crippen molar-refractivity contribution in [2.24, 2.45) is 7.05 Å². The number of ether oxygens (including phenoxy) is 3. The first kappa shape index (κ1) is 33.8. The minimum Gasteiger partial charge on any atom is -0.491 e. The maximum Gasteiger partial charge on any atom is 0.491 e. The van der Waals surface area contributed by atoms with Gasteiger partial charge in [-0.05, 0) is 67.3 Å². The van der Waals surface area contributed by atoms with Gasteiger partial charge in [0.25, 0.3) is 0 Å². The summed E-state index contributed by atoms with van der Waals surface area (Å²) in [5.74, 6) is -2.68. The summed E-state index contributed by atoms with van der Waals surface area (Å²) in [4.78, 5) is 28.8. The van der Waals surface area contributed by atoms with Crippen molar-refractivity contribution < 1.29 is 37.0 Å². The fraction of sp³-hybridized carbons (Fsp3) is 0.515. The van der Waals surface area contributed by atoms with Crippen molar-refractivity contribution in [2.45, 2.75) is 90.3 Å². The molecule has 1 N–H and O–H groups in total. The molecule has 0 radical (unpaired) electrons. The molecule has 1 atom stereocenters. The first-order valence-electron chi connectivity index (χ1n) is 15.1. The van der Waals surface area contributed by atoms with Crippen molar-refractivity contribution in [3.63, 3.8) is 0 Å². The van der Waals surface area contributed by atoms with Crippen molar-refractivity contribution in [2.75, 3.05) is 18.5 Å². The molecule has 12 heteroatoms. The quantitative estimate of drug-likeness (QED) is 0.197. The average Bonchev–Trinajstić information content (AvgIpc) is 3.29. The van der Waals surface area contributed by atoms with Crippen LogP contribution in [0.3, 0.4) is 0 Å². The van der Waals surface area contributed by atoms with Crippen LogP contribution in [0.5, 0.6) is 11.6 Å². The molecule has 0 amide bonds. The number of hydrogen-bond acceptors (Lipinski definition) is 8. The number of anilines is 1. The SMILES string of the molecule is CC(C)Oc1ccc(C(C)(C)C)cc1C(CC(=O)OC(=O)C(F)(F)F)Cc1cc(OCCc2ccc3c(n2)NCCC3)n(C)n1. The fourth-order valence-electron chi connectivity index (χ4n) is 5.15. The lowest BCUT2D eigenvalue weighted by atomic mass is 9.82. The van der Waals surface area contributed by atoms with E-state index in [-0.39, 0.29) is 17.9 Å². The lowest BCUT2D eigenvalue weighted by molar-refractivity contribution is -0.202. The molecule has 9 nitrogen and oxygen atoms in total. The summed E-state index contributed by atoms with van der Waals surface area (Å²) < 4.78 is 56.4. The molecular weight excluding hydrogens is 589 g/mol. The molecule has 0 saturated carbocycles. The van der Waals surface area contributed by atoms with E-state index in [1.165, 1.54) is 5.56 Å². The van der Waals surface area contributed by atoms with Gasteiger partial charge in [0, 0.05) is 37.7 Å². The van der Waals surface area contributed by atoms with Crippen LogP contribution in [0.2, 0.25) is 0 Å². The lowest BCUT2D eigenvalue weighted by Crippen LogP contribution is -2.29. The van der Waals surface area contributed by atoms with Gasteiger partial charge < -0.3 is 19.5 Å². The number of hydrogen-bond donors (Lipinski definition) is 1. The van der Waals surface area contributed by atoms with Crippen molar-refractivity contribution in [1.29, 1.82) is 0 Å². The highest BCUT2D eigenvalue weighted by molar-refractivity contribution is 5.88. The lowest BCUT2D eigenvalue weighted by Gasteiger charge is -2.25. The number of aryl methyl sites for hydroxylation is 2. The summed E-state index contributed by atoms with van der Waals surface area (Å²) in [6, 6.07) is 11.4. The van der Waals surface area contributed by atoms with E-state index in [9.17, 15) is 22.8 Å². The van der Waals surface area contributed by atoms with Crippen LogP contribution in [0, 0.1) is 0 Å². The molecule has 3 heterocycles. The van der Waals surface area contributed by atoms with Gasteiger partial charge in [-0.25, -0.2) is 14.5 Å². The molecule has 1 aromatic carbocycles. The molecule has 0 spiro atoms. The Morgan fingerprint density at radius 2 is 1.82 bits per heavy atom. The number of fused-ring (bicyclic) bond motifs is 1. The van der Waals surface area contributed by atoms with Crippen molar-refractivity contribution in [1.82, 2.24) is 14.8 Å². The molecular formula is C33H41F3N4O5. The van der Waals surface area contributed by atoms with Crippen molar-refractivity contribution in [3.05, 3.63) is 64.5 Å². The predicted molar refractivity (Wildman–Crippen MR) is 163 cm³/mol. The van der Waals surface area contributed by atoms with E-state index in [1.807, 2.05) is 52.8 Å². The molecule has 45 heavy (non-hydrogen) atoms. The van der Waals surface area contributed by atoms with E-state index >= 15 is 0 Å². The largest absolute Gasteiger partial charge is 0.491 e. The van der Waals surface area contributed by atoms with E-state index in [2.05, 4.69) is 21.2 Å². The van der Waals surface area contributed by atoms with Gasteiger partial charge in [-0.3, -0.25) is 4.79 Å². The number of rotatable bonds is 11. The number of carbonyl (C=O) groups is 2. The molecule has 1 aliphatic heterocycles. The standard InChI is InChI=1S/C33H41F3N4O5/c1-20(2)44-27-12-10-23(32(3,4)5)18-26(27)22(17-29(41)45-31(42)33(34,35)36)16-25-19-28(40(6)39-25)43-15-13-24-11-9-21-8-7-14-37-30(21)38-24/h9-12,18-20,22H,7-8,13-17H2,1-6H3,(H,37,38). The average molecular weight is 631 g/mol. The zero-order valence-electron chi connectivity index (χ0n) is 26.6. The molecule has 1 unspecified atom stereocenters. The fourth-order valence-corrected chi connectivity index (χ4v) is 5.15. The van der Waals surface area contributed by atoms with Gasteiger partial charge >= 0.3 is 18.1 Å². The van der Waals surface area contributed by atoms with Gasteiger partial charge in [0.15, 0.2) is 0 Å². The molecule has 1 aliphatic rings. The normalized spacial score (nSPS) is 14.0. The highest BCUT2D eigenvalue weighted by Crippen LogP contribution is 2.37. The van der Waals surface area contributed by atoms with Gasteiger partial charge in [0.1, 0.15) is 11.6 Å². The number of benzene rings is 1. The minimum absolute atomic E-state index is 0.145. The Kier molecular flexibility index (Phi) is 10.4. The third-order valence-electron chi connectivity index (χ3n) is 7.43. The Labute approximate surface area is 261 Å². The monoisotopic (exact) mass is 630 g/mol.